The Kier molecular flexibility index (Phi) is 6.25. The van der Waals surface area contributed by atoms with Gasteiger partial charge < -0.3 is 18.4 Å². The average molecular weight is 363 g/mol. The largest absolute Gasteiger partial charge is 0.534 e. The second kappa shape index (κ2) is 7.36. The number of nitrogens with zero attached hydrogens (tertiary/aromatic N) is 1. The number of hydrogen-bond donors (Lipinski definition) is 0. The Bertz CT molecular complexity index is 560. The zero-order valence-corrected chi connectivity index (χ0v) is 13.3. The third-order valence-corrected chi connectivity index (χ3v) is 3.91. The normalized spacial score (nSPS) is 22.5. The van der Waals surface area contributed by atoms with E-state index in [0.717, 1.165) is 13.2 Å². The van der Waals surface area contributed by atoms with Crippen LogP contribution in [-0.4, -0.2) is 58.1 Å². The maximum absolute atomic E-state index is 12.4. The molecule has 0 radical (unpaired) electrons. The van der Waals surface area contributed by atoms with E-state index in [-0.39, 0.29) is 13.2 Å². The molecular formula is C11H16F3NO7S. The highest BCUT2D eigenvalue weighted by molar-refractivity contribution is 7.87. The lowest BCUT2D eigenvalue weighted by molar-refractivity contribution is -0.0984. The molecule has 1 amide bonds. The van der Waals surface area contributed by atoms with Crippen molar-refractivity contribution >= 4 is 16.2 Å². The lowest BCUT2D eigenvalue weighted by Crippen LogP contribution is -2.49. The number of hydrogen-bond acceptors (Lipinski definition) is 7. The molecule has 0 saturated carbocycles. The first kappa shape index (κ1) is 19.5. The number of amides is 1. The van der Waals surface area contributed by atoms with E-state index in [9.17, 15) is 26.4 Å². The van der Waals surface area contributed by atoms with Crippen LogP contribution in [0.3, 0.4) is 0 Å². The van der Waals surface area contributed by atoms with E-state index in [1.54, 1.807) is 0 Å². The van der Waals surface area contributed by atoms with Crippen LogP contribution in [0.25, 0.3) is 0 Å². The third-order valence-electron chi connectivity index (χ3n) is 2.96. The second-order valence-corrected chi connectivity index (χ2v) is 5.99. The highest BCUT2D eigenvalue weighted by Gasteiger charge is 2.50. The van der Waals surface area contributed by atoms with Crippen LogP contribution in [0.1, 0.15) is 13.3 Å². The molecule has 0 spiro atoms. The Morgan fingerprint density at radius 2 is 2.00 bits per heavy atom. The fourth-order valence-electron chi connectivity index (χ4n) is 1.83. The predicted molar refractivity (Wildman–Crippen MR) is 69.2 cm³/mol. The minimum absolute atomic E-state index is 0.0146. The van der Waals surface area contributed by atoms with Gasteiger partial charge in [-0.3, -0.25) is 0 Å². The predicted octanol–water partition coefficient (Wildman–Crippen LogP) is 1.54. The standard InChI is InChI=1S/C11H16F3NO7S/c1-7-8(21-6-19-2)4-5-9(15(7)10(16)20-3)22-23(17,18)11(12,13)14/h5,7-8H,4,6H2,1-3H3/t7-,8-/m0/s1. The van der Waals surface area contributed by atoms with Crippen molar-refractivity contribution in [3.05, 3.63) is 12.0 Å². The molecule has 0 saturated heterocycles. The van der Waals surface area contributed by atoms with E-state index in [4.69, 9.17) is 9.47 Å². The van der Waals surface area contributed by atoms with Crippen LogP contribution in [0.2, 0.25) is 0 Å². The summed E-state index contributed by atoms with van der Waals surface area (Å²) in [7, 11) is -3.56. The van der Waals surface area contributed by atoms with Crippen LogP contribution in [0.4, 0.5) is 18.0 Å². The number of ether oxygens (including phenoxy) is 3. The molecule has 1 rings (SSSR count). The smallest absolute Gasteiger partial charge is 0.452 e. The van der Waals surface area contributed by atoms with Crippen LogP contribution in [-0.2, 0) is 28.5 Å². The van der Waals surface area contributed by atoms with Gasteiger partial charge in [0.2, 0.25) is 5.88 Å². The fourth-order valence-corrected chi connectivity index (χ4v) is 2.30. The highest BCUT2D eigenvalue weighted by atomic mass is 32.2. The van der Waals surface area contributed by atoms with Crippen LogP contribution in [0.5, 0.6) is 0 Å². The highest BCUT2D eigenvalue weighted by Crippen LogP contribution is 2.31. The Labute approximate surface area is 130 Å². The summed E-state index contributed by atoms with van der Waals surface area (Å²) in [6.45, 7) is 1.32. The number of methoxy groups -OCH3 is 2. The molecule has 2 atom stereocenters. The van der Waals surface area contributed by atoms with Crippen molar-refractivity contribution in [1.29, 1.82) is 0 Å². The SMILES string of the molecule is COCO[C@H]1CC=C(OS(=O)(=O)C(F)(F)F)N(C(=O)OC)[C@H]1C. The molecule has 0 N–H and O–H groups in total. The van der Waals surface area contributed by atoms with Gasteiger partial charge in [0.05, 0.1) is 19.3 Å². The van der Waals surface area contributed by atoms with Crippen LogP contribution >= 0.6 is 0 Å². The molecule has 0 unspecified atom stereocenters. The number of rotatable bonds is 5. The van der Waals surface area contributed by atoms with Gasteiger partial charge in [0.25, 0.3) is 0 Å². The first-order valence-corrected chi connectivity index (χ1v) is 7.64. The molecule has 0 aromatic carbocycles. The van der Waals surface area contributed by atoms with Gasteiger partial charge >= 0.3 is 21.7 Å². The summed E-state index contributed by atoms with van der Waals surface area (Å²) in [6, 6.07) is -0.846. The van der Waals surface area contributed by atoms with Crippen molar-refractivity contribution in [3.8, 4) is 0 Å². The zero-order chi connectivity index (χ0) is 17.8. The summed E-state index contributed by atoms with van der Waals surface area (Å²) in [5.41, 5.74) is -5.62. The summed E-state index contributed by atoms with van der Waals surface area (Å²) in [4.78, 5) is 12.4. The van der Waals surface area contributed by atoms with Crippen LogP contribution < -0.4 is 0 Å². The first-order chi connectivity index (χ1) is 10.5. The molecule has 0 bridgehead atoms. The molecule has 0 aliphatic carbocycles. The summed E-state index contributed by atoms with van der Waals surface area (Å²) in [5, 5.41) is 0. The Hall–Kier alpha value is -1.53. The van der Waals surface area contributed by atoms with E-state index in [2.05, 4.69) is 8.92 Å². The molecule has 12 heteroatoms. The molecule has 1 aliphatic rings. The molecular weight excluding hydrogens is 347 g/mol. The van der Waals surface area contributed by atoms with Crippen molar-refractivity contribution < 1.29 is 44.8 Å². The van der Waals surface area contributed by atoms with E-state index >= 15 is 0 Å². The molecule has 0 fully saturated rings. The number of halogens is 3. The third kappa shape index (κ3) is 4.48. The van der Waals surface area contributed by atoms with Gasteiger partial charge in [-0.15, -0.1) is 0 Å². The second-order valence-electron chi connectivity index (χ2n) is 4.45. The quantitative estimate of drug-likeness (QED) is 0.416. The molecule has 1 heterocycles. The van der Waals surface area contributed by atoms with Crippen molar-refractivity contribution in [2.75, 3.05) is 21.0 Å². The maximum Gasteiger partial charge on any atom is 0.534 e. The Morgan fingerprint density at radius 1 is 1.39 bits per heavy atom. The van der Waals surface area contributed by atoms with E-state index < -0.39 is 39.7 Å². The minimum Gasteiger partial charge on any atom is -0.452 e. The monoisotopic (exact) mass is 363 g/mol. The molecule has 0 aromatic heterocycles. The Balaban J connectivity index is 3.09. The minimum atomic E-state index is -5.91. The zero-order valence-electron chi connectivity index (χ0n) is 12.5. The van der Waals surface area contributed by atoms with Crippen molar-refractivity contribution in [2.24, 2.45) is 0 Å². The lowest BCUT2D eigenvalue weighted by Gasteiger charge is -2.36. The van der Waals surface area contributed by atoms with Crippen molar-refractivity contribution in [2.45, 2.75) is 31.0 Å². The maximum atomic E-state index is 12.4. The number of carbonyl (C=O) groups excluding carboxylic acids is 1. The molecule has 8 nitrogen and oxygen atoms in total. The van der Waals surface area contributed by atoms with Crippen LogP contribution in [0, 0.1) is 0 Å². The number of carbonyl (C=O) groups is 1. The lowest BCUT2D eigenvalue weighted by atomic mass is 10.0. The summed E-state index contributed by atoms with van der Waals surface area (Å²) in [6.07, 6.45) is -0.719. The van der Waals surface area contributed by atoms with Gasteiger partial charge in [0.1, 0.15) is 6.79 Å². The number of alkyl halides is 3. The van der Waals surface area contributed by atoms with Crippen molar-refractivity contribution in [3.63, 3.8) is 0 Å². The van der Waals surface area contributed by atoms with Gasteiger partial charge in [-0.2, -0.15) is 21.6 Å². The first-order valence-electron chi connectivity index (χ1n) is 6.23. The van der Waals surface area contributed by atoms with Gasteiger partial charge in [0, 0.05) is 7.11 Å². The van der Waals surface area contributed by atoms with Gasteiger partial charge in [0.15, 0.2) is 0 Å². The molecule has 1 aliphatic heterocycles. The van der Waals surface area contributed by atoms with E-state index in [1.807, 2.05) is 0 Å². The van der Waals surface area contributed by atoms with Gasteiger partial charge in [-0.1, -0.05) is 0 Å². The molecule has 0 aromatic rings. The Morgan fingerprint density at radius 3 is 2.48 bits per heavy atom. The van der Waals surface area contributed by atoms with E-state index in [0.29, 0.717) is 4.90 Å². The average Bonchev–Trinajstić information content (AvgIpc) is 2.44. The van der Waals surface area contributed by atoms with Gasteiger partial charge in [-0.05, 0) is 19.4 Å². The summed E-state index contributed by atoms with van der Waals surface area (Å²) in [5.74, 6) is -0.793. The fraction of sp³-hybridized carbons (Fsp3) is 0.727. The molecule has 23 heavy (non-hydrogen) atoms. The van der Waals surface area contributed by atoms with Crippen LogP contribution in [0.15, 0.2) is 12.0 Å². The summed E-state index contributed by atoms with van der Waals surface area (Å²) >= 11 is 0. The topological polar surface area (TPSA) is 91.4 Å². The van der Waals surface area contributed by atoms with E-state index in [1.165, 1.54) is 14.0 Å². The van der Waals surface area contributed by atoms with Gasteiger partial charge in [-0.25, -0.2) is 9.69 Å². The molecule has 134 valence electrons. The summed E-state index contributed by atoms with van der Waals surface area (Å²) < 4.78 is 78.0. The van der Waals surface area contributed by atoms with Crippen molar-refractivity contribution in [1.82, 2.24) is 4.90 Å².